The van der Waals surface area contributed by atoms with Crippen LogP contribution in [0.5, 0.6) is 0 Å². The van der Waals surface area contributed by atoms with Crippen LogP contribution in [0.15, 0.2) is 48.5 Å². The van der Waals surface area contributed by atoms with Gasteiger partial charge in [-0.25, -0.2) is 0 Å². The van der Waals surface area contributed by atoms with Crippen LogP contribution < -0.4 is 5.32 Å². The molecule has 0 saturated carbocycles. The number of hydrogen-bond acceptors (Lipinski definition) is 2. The highest BCUT2D eigenvalue weighted by Crippen LogP contribution is 2.35. The van der Waals surface area contributed by atoms with E-state index in [0.29, 0.717) is 17.9 Å². The number of ketones is 1. The van der Waals surface area contributed by atoms with Gasteiger partial charge in [-0.2, -0.15) is 0 Å². The predicted octanol–water partition coefficient (Wildman–Crippen LogP) is 4.08. The van der Waals surface area contributed by atoms with Crippen LogP contribution in [0.4, 0.5) is 0 Å². The third-order valence-electron chi connectivity index (χ3n) is 4.87. The molecule has 0 aromatic heterocycles. The van der Waals surface area contributed by atoms with Gasteiger partial charge in [-0.15, -0.1) is 0 Å². The lowest BCUT2D eigenvalue weighted by atomic mass is 9.96. The van der Waals surface area contributed by atoms with Crippen molar-refractivity contribution in [3.8, 4) is 0 Å². The zero-order valence-electron chi connectivity index (χ0n) is 14.3. The molecule has 0 saturated heterocycles. The van der Waals surface area contributed by atoms with Gasteiger partial charge in [0.25, 0.3) is 0 Å². The maximum absolute atomic E-state index is 12.5. The molecule has 1 N–H and O–H groups in total. The molecule has 4 heteroatoms. The average Bonchev–Trinajstić information content (AvgIpc) is 2.99. The van der Waals surface area contributed by atoms with Gasteiger partial charge < -0.3 is 5.32 Å². The third kappa shape index (κ3) is 4.49. The van der Waals surface area contributed by atoms with Crippen molar-refractivity contribution in [1.82, 2.24) is 5.32 Å². The number of fused-ring (bicyclic) bond motifs is 1. The Morgan fingerprint density at radius 2 is 1.88 bits per heavy atom. The van der Waals surface area contributed by atoms with Crippen LogP contribution in [-0.4, -0.2) is 17.7 Å². The van der Waals surface area contributed by atoms with Crippen LogP contribution in [0.2, 0.25) is 5.02 Å². The van der Waals surface area contributed by atoms with Crippen molar-refractivity contribution in [2.45, 2.75) is 44.6 Å². The van der Waals surface area contributed by atoms with Gasteiger partial charge in [-0.1, -0.05) is 48.0 Å². The molecule has 25 heavy (non-hydrogen) atoms. The quantitative estimate of drug-likeness (QED) is 0.848. The molecule has 2 aromatic carbocycles. The van der Waals surface area contributed by atoms with Crippen molar-refractivity contribution in [2.75, 3.05) is 0 Å². The summed E-state index contributed by atoms with van der Waals surface area (Å²) in [5.74, 6) is 0.158. The summed E-state index contributed by atoms with van der Waals surface area (Å²) in [5, 5.41) is 3.58. The van der Waals surface area contributed by atoms with E-state index >= 15 is 0 Å². The van der Waals surface area contributed by atoms with Crippen LogP contribution >= 0.6 is 11.6 Å². The van der Waals surface area contributed by atoms with Gasteiger partial charge in [-0.3, -0.25) is 9.59 Å². The van der Waals surface area contributed by atoms with E-state index in [4.69, 9.17) is 11.6 Å². The second-order valence-corrected chi connectivity index (χ2v) is 7.14. The summed E-state index contributed by atoms with van der Waals surface area (Å²) < 4.78 is 0. The molecule has 1 amide bonds. The Balaban J connectivity index is 1.61. The van der Waals surface area contributed by atoms with E-state index in [1.54, 1.807) is 12.1 Å². The van der Waals surface area contributed by atoms with Crippen LogP contribution in [0.3, 0.4) is 0 Å². The minimum Gasteiger partial charge on any atom is -0.346 e. The van der Waals surface area contributed by atoms with E-state index in [-0.39, 0.29) is 17.6 Å². The highest BCUT2D eigenvalue weighted by Gasteiger charge is 2.26. The Kier molecular flexibility index (Phi) is 5.54. The van der Waals surface area contributed by atoms with E-state index in [2.05, 4.69) is 17.4 Å². The van der Waals surface area contributed by atoms with Gasteiger partial charge in [0.1, 0.15) is 0 Å². The van der Waals surface area contributed by atoms with Crippen molar-refractivity contribution in [2.24, 2.45) is 0 Å². The number of halogens is 1. The first-order chi connectivity index (χ1) is 12.0. The number of amides is 1. The van der Waals surface area contributed by atoms with Gasteiger partial charge >= 0.3 is 0 Å². The summed E-state index contributed by atoms with van der Waals surface area (Å²) in [7, 11) is 0. The first-order valence-corrected chi connectivity index (χ1v) is 9.03. The van der Waals surface area contributed by atoms with Gasteiger partial charge in [0.05, 0.1) is 6.04 Å². The summed E-state index contributed by atoms with van der Waals surface area (Å²) in [5.41, 5.74) is 3.59. The van der Waals surface area contributed by atoms with Crippen molar-refractivity contribution in [3.63, 3.8) is 0 Å². The largest absolute Gasteiger partial charge is 0.346 e. The fraction of sp³-hybridized carbons (Fsp3) is 0.333. The summed E-state index contributed by atoms with van der Waals surface area (Å²) in [6.45, 7) is 1.52. The summed E-state index contributed by atoms with van der Waals surface area (Å²) >= 11 is 5.89. The molecule has 0 aliphatic heterocycles. The standard InChI is InChI=1S/C21H22ClNO2/c1-14(24)20(12-15-6-10-18(22)11-7-15)23-21(25)13-17-9-8-16-4-2-3-5-19(16)17/h2-7,10-11,17,20H,8-9,12-13H2,1H3,(H,23,25)/t17-,20-/m1/s1. The molecule has 3 nitrogen and oxygen atoms in total. The fourth-order valence-corrected chi connectivity index (χ4v) is 3.61. The molecular formula is C21H22ClNO2. The second kappa shape index (κ2) is 7.83. The Hall–Kier alpha value is -2.13. The predicted molar refractivity (Wildman–Crippen MR) is 99.9 cm³/mol. The monoisotopic (exact) mass is 355 g/mol. The number of Topliss-reactive ketones (excluding diaryl/α,β-unsaturated/α-hetero) is 1. The molecule has 2 aromatic rings. The molecule has 0 fully saturated rings. The Morgan fingerprint density at radius 1 is 1.16 bits per heavy atom. The normalized spacial score (nSPS) is 17.0. The van der Waals surface area contributed by atoms with Crippen LogP contribution in [-0.2, 0) is 22.4 Å². The Labute approximate surface area is 153 Å². The highest BCUT2D eigenvalue weighted by molar-refractivity contribution is 6.30. The molecule has 0 spiro atoms. The lowest BCUT2D eigenvalue weighted by Crippen LogP contribution is -2.41. The average molecular weight is 356 g/mol. The van der Waals surface area contributed by atoms with E-state index in [1.807, 2.05) is 24.3 Å². The van der Waals surface area contributed by atoms with Gasteiger partial charge in [0.15, 0.2) is 5.78 Å². The van der Waals surface area contributed by atoms with Crippen molar-refractivity contribution in [1.29, 1.82) is 0 Å². The highest BCUT2D eigenvalue weighted by atomic mass is 35.5. The molecule has 0 radical (unpaired) electrons. The molecule has 0 unspecified atom stereocenters. The van der Waals surface area contributed by atoms with Crippen LogP contribution in [0, 0.1) is 0 Å². The van der Waals surface area contributed by atoms with E-state index in [0.717, 1.165) is 18.4 Å². The number of carbonyl (C=O) groups is 2. The van der Waals surface area contributed by atoms with E-state index in [1.165, 1.54) is 18.1 Å². The summed E-state index contributed by atoms with van der Waals surface area (Å²) in [6.07, 6.45) is 2.94. The van der Waals surface area contributed by atoms with Gasteiger partial charge in [-0.05, 0) is 60.9 Å². The number of benzene rings is 2. The van der Waals surface area contributed by atoms with Crippen molar-refractivity contribution >= 4 is 23.3 Å². The lowest BCUT2D eigenvalue weighted by molar-refractivity contribution is -0.127. The lowest BCUT2D eigenvalue weighted by Gasteiger charge is -2.18. The molecule has 1 aliphatic carbocycles. The van der Waals surface area contributed by atoms with Crippen LogP contribution in [0.25, 0.3) is 0 Å². The second-order valence-electron chi connectivity index (χ2n) is 6.70. The maximum Gasteiger partial charge on any atom is 0.221 e. The minimum atomic E-state index is -0.495. The number of rotatable bonds is 6. The first kappa shape index (κ1) is 17.7. The molecule has 3 rings (SSSR count). The summed E-state index contributed by atoms with van der Waals surface area (Å²) in [4.78, 5) is 24.4. The molecular weight excluding hydrogens is 334 g/mol. The van der Waals surface area contributed by atoms with Gasteiger partial charge in [0.2, 0.25) is 5.91 Å². The Bertz CT molecular complexity index is 770. The van der Waals surface area contributed by atoms with Crippen molar-refractivity contribution in [3.05, 3.63) is 70.2 Å². The minimum absolute atomic E-state index is 0.0323. The van der Waals surface area contributed by atoms with Crippen molar-refractivity contribution < 1.29 is 9.59 Å². The smallest absolute Gasteiger partial charge is 0.221 e. The number of nitrogens with one attached hydrogen (secondary N) is 1. The zero-order chi connectivity index (χ0) is 17.8. The number of carbonyl (C=O) groups excluding carboxylic acids is 2. The Morgan fingerprint density at radius 3 is 2.60 bits per heavy atom. The van der Waals surface area contributed by atoms with E-state index < -0.39 is 6.04 Å². The van der Waals surface area contributed by atoms with Gasteiger partial charge in [0, 0.05) is 11.4 Å². The molecule has 1 aliphatic rings. The first-order valence-electron chi connectivity index (χ1n) is 8.65. The molecule has 0 heterocycles. The number of aryl methyl sites for hydroxylation is 1. The third-order valence-corrected chi connectivity index (χ3v) is 5.12. The SMILES string of the molecule is CC(=O)[C@@H](Cc1ccc(Cl)cc1)NC(=O)C[C@H]1CCc2ccccc21. The zero-order valence-corrected chi connectivity index (χ0v) is 15.1. The van der Waals surface area contributed by atoms with E-state index in [9.17, 15) is 9.59 Å². The number of hydrogen-bond donors (Lipinski definition) is 1. The maximum atomic E-state index is 12.5. The molecule has 130 valence electrons. The molecule has 2 atom stereocenters. The van der Waals surface area contributed by atoms with Crippen LogP contribution in [0.1, 0.15) is 42.4 Å². The topological polar surface area (TPSA) is 46.2 Å². The molecule has 0 bridgehead atoms. The summed E-state index contributed by atoms with van der Waals surface area (Å²) in [6, 6.07) is 15.2. The fourth-order valence-electron chi connectivity index (χ4n) is 3.49.